The summed E-state index contributed by atoms with van der Waals surface area (Å²) in [4.78, 5) is 36.9. The van der Waals surface area contributed by atoms with Crippen LogP contribution in [0.5, 0.6) is 5.75 Å². The Balaban J connectivity index is 1.82. The Bertz CT molecular complexity index is 1540. The molecule has 4 aromatic rings. The molecule has 4 rings (SSSR count). The van der Waals surface area contributed by atoms with E-state index in [1.165, 1.54) is 22.9 Å². The minimum absolute atomic E-state index is 0.0137. The third kappa shape index (κ3) is 5.31. The summed E-state index contributed by atoms with van der Waals surface area (Å²) in [5.74, 6) is -1.74. The molecule has 0 unspecified atom stereocenters. The number of carbonyl (C=O) groups is 2. The molecular formula is C26H19Cl2N3O7. The van der Waals surface area contributed by atoms with E-state index in [0.29, 0.717) is 21.3 Å². The van der Waals surface area contributed by atoms with Crippen LogP contribution in [0.15, 0.2) is 66.7 Å². The number of hydrogen-bond acceptors (Lipinski definition) is 8. The van der Waals surface area contributed by atoms with E-state index < -0.39 is 16.9 Å². The Morgan fingerprint density at radius 2 is 1.66 bits per heavy atom. The van der Waals surface area contributed by atoms with Gasteiger partial charge in [0.25, 0.3) is 0 Å². The quantitative estimate of drug-likeness (QED) is 0.149. The second-order valence-corrected chi connectivity index (χ2v) is 8.59. The standard InChI is InChI=1S/C26H19Cl2N3O7/c1-36-25(32)22-23(29-30(24(22)26(33)37-2)17-6-4-3-5-7-17)16-9-11-21(20(13-16)31(34)35)38-14-15-8-10-18(27)19(28)12-15/h3-13H,14H2,1-2H3. The molecule has 0 radical (unpaired) electrons. The maximum atomic E-state index is 12.8. The Kier molecular flexibility index (Phi) is 7.94. The molecule has 0 atom stereocenters. The van der Waals surface area contributed by atoms with Crippen molar-refractivity contribution < 1.29 is 28.7 Å². The number of nitrogens with zero attached hydrogens (tertiary/aromatic N) is 3. The zero-order chi connectivity index (χ0) is 27.4. The van der Waals surface area contributed by atoms with Gasteiger partial charge in [0.15, 0.2) is 11.4 Å². The number of hydrogen-bond donors (Lipinski definition) is 0. The first kappa shape index (κ1) is 26.6. The smallest absolute Gasteiger partial charge is 0.357 e. The number of methoxy groups -OCH3 is 2. The summed E-state index contributed by atoms with van der Waals surface area (Å²) in [5, 5.41) is 17.1. The fraction of sp³-hybridized carbons (Fsp3) is 0.115. The van der Waals surface area contributed by atoms with E-state index in [2.05, 4.69) is 5.10 Å². The average molecular weight is 556 g/mol. The fourth-order valence-corrected chi connectivity index (χ4v) is 4.00. The summed E-state index contributed by atoms with van der Waals surface area (Å²) >= 11 is 12.0. The predicted octanol–water partition coefficient (Wildman–Crippen LogP) is 5.91. The van der Waals surface area contributed by atoms with Crippen LogP contribution in [0.1, 0.15) is 26.4 Å². The molecule has 38 heavy (non-hydrogen) atoms. The topological polar surface area (TPSA) is 123 Å². The summed E-state index contributed by atoms with van der Waals surface area (Å²) in [6.07, 6.45) is 0. The molecule has 194 valence electrons. The zero-order valence-electron chi connectivity index (χ0n) is 20.0. The van der Waals surface area contributed by atoms with Gasteiger partial charge in [0, 0.05) is 11.6 Å². The highest BCUT2D eigenvalue weighted by molar-refractivity contribution is 6.42. The van der Waals surface area contributed by atoms with Gasteiger partial charge in [-0.25, -0.2) is 14.3 Å². The molecule has 0 saturated carbocycles. The van der Waals surface area contributed by atoms with E-state index in [9.17, 15) is 19.7 Å². The lowest BCUT2D eigenvalue weighted by Crippen LogP contribution is -2.15. The maximum absolute atomic E-state index is 12.8. The summed E-state index contributed by atoms with van der Waals surface area (Å²) < 4.78 is 16.7. The second kappa shape index (κ2) is 11.3. The molecule has 0 aliphatic heterocycles. The fourth-order valence-electron chi connectivity index (χ4n) is 3.68. The van der Waals surface area contributed by atoms with Gasteiger partial charge in [-0.3, -0.25) is 10.1 Å². The molecule has 0 spiro atoms. The van der Waals surface area contributed by atoms with E-state index >= 15 is 0 Å². The molecule has 0 aliphatic rings. The van der Waals surface area contributed by atoms with Crippen molar-refractivity contribution in [2.24, 2.45) is 0 Å². The Labute approximate surface area is 226 Å². The van der Waals surface area contributed by atoms with Crippen LogP contribution in [0.3, 0.4) is 0 Å². The van der Waals surface area contributed by atoms with Crippen LogP contribution in [0, 0.1) is 10.1 Å². The van der Waals surface area contributed by atoms with E-state index in [0.717, 1.165) is 14.2 Å². The number of aromatic nitrogens is 2. The third-order valence-corrected chi connectivity index (χ3v) is 6.20. The van der Waals surface area contributed by atoms with Crippen molar-refractivity contribution in [1.82, 2.24) is 9.78 Å². The number of halogens is 2. The molecule has 0 bridgehead atoms. The number of nitro benzene ring substituents is 1. The van der Waals surface area contributed by atoms with E-state index in [1.807, 2.05) is 0 Å². The van der Waals surface area contributed by atoms with Gasteiger partial charge in [-0.1, -0.05) is 47.5 Å². The number of ether oxygens (including phenoxy) is 3. The highest BCUT2D eigenvalue weighted by Crippen LogP contribution is 2.36. The number of benzene rings is 3. The van der Waals surface area contributed by atoms with Gasteiger partial charge in [-0.2, -0.15) is 5.10 Å². The van der Waals surface area contributed by atoms with Gasteiger partial charge in [-0.05, 0) is 42.0 Å². The van der Waals surface area contributed by atoms with Gasteiger partial charge in [0.05, 0.1) is 34.9 Å². The summed E-state index contributed by atoms with van der Waals surface area (Å²) in [6.45, 7) is -0.0143. The minimum atomic E-state index is -0.870. The van der Waals surface area contributed by atoms with E-state index in [-0.39, 0.29) is 40.6 Å². The lowest BCUT2D eigenvalue weighted by Gasteiger charge is -2.09. The van der Waals surface area contributed by atoms with Crippen molar-refractivity contribution in [3.63, 3.8) is 0 Å². The lowest BCUT2D eigenvalue weighted by molar-refractivity contribution is -0.385. The average Bonchev–Trinajstić information content (AvgIpc) is 3.34. The van der Waals surface area contributed by atoms with Gasteiger partial charge in [0.2, 0.25) is 0 Å². The number of rotatable bonds is 8. The summed E-state index contributed by atoms with van der Waals surface area (Å²) in [7, 11) is 2.31. The first-order valence-electron chi connectivity index (χ1n) is 11.0. The van der Waals surface area contributed by atoms with Crippen LogP contribution in [0.2, 0.25) is 10.0 Å². The number of para-hydroxylation sites is 1. The molecule has 12 heteroatoms. The largest absolute Gasteiger partial charge is 0.482 e. The van der Waals surface area contributed by atoms with Crippen molar-refractivity contribution in [1.29, 1.82) is 0 Å². The molecule has 0 saturated heterocycles. The zero-order valence-corrected chi connectivity index (χ0v) is 21.5. The van der Waals surface area contributed by atoms with Crippen molar-refractivity contribution in [3.8, 4) is 22.7 Å². The lowest BCUT2D eigenvalue weighted by atomic mass is 10.0. The second-order valence-electron chi connectivity index (χ2n) is 7.78. The molecule has 1 aromatic heterocycles. The highest BCUT2D eigenvalue weighted by Gasteiger charge is 2.32. The van der Waals surface area contributed by atoms with Crippen LogP contribution < -0.4 is 4.74 Å². The van der Waals surface area contributed by atoms with Gasteiger partial charge in [-0.15, -0.1) is 0 Å². The molecule has 0 amide bonds. The van der Waals surface area contributed by atoms with Crippen LogP contribution in [0.25, 0.3) is 16.9 Å². The van der Waals surface area contributed by atoms with Crippen molar-refractivity contribution in [3.05, 3.63) is 104 Å². The maximum Gasteiger partial charge on any atom is 0.357 e. The van der Waals surface area contributed by atoms with Gasteiger partial charge >= 0.3 is 17.6 Å². The molecule has 0 aliphatic carbocycles. The number of nitro groups is 1. The molecule has 1 heterocycles. The first-order chi connectivity index (χ1) is 18.2. The Hall–Kier alpha value is -4.41. The summed E-state index contributed by atoms with van der Waals surface area (Å²) in [6, 6.07) is 17.5. The van der Waals surface area contributed by atoms with Crippen molar-refractivity contribution >= 4 is 40.8 Å². The minimum Gasteiger partial charge on any atom is -0.482 e. The van der Waals surface area contributed by atoms with Crippen molar-refractivity contribution in [2.45, 2.75) is 6.61 Å². The normalized spacial score (nSPS) is 10.6. The Morgan fingerprint density at radius 1 is 0.947 bits per heavy atom. The van der Waals surface area contributed by atoms with E-state index in [1.54, 1.807) is 48.5 Å². The third-order valence-electron chi connectivity index (χ3n) is 5.46. The Morgan fingerprint density at radius 3 is 2.29 bits per heavy atom. The highest BCUT2D eigenvalue weighted by atomic mass is 35.5. The molecule has 0 N–H and O–H groups in total. The van der Waals surface area contributed by atoms with Crippen LogP contribution >= 0.6 is 23.2 Å². The molecule has 0 fully saturated rings. The molecular weight excluding hydrogens is 537 g/mol. The van der Waals surface area contributed by atoms with Crippen molar-refractivity contribution in [2.75, 3.05) is 14.2 Å². The SMILES string of the molecule is COC(=O)c1c(-c2ccc(OCc3ccc(Cl)c(Cl)c3)c([N+](=O)[O-])c2)nn(-c2ccccc2)c1C(=O)OC. The van der Waals surface area contributed by atoms with Gasteiger partial charge in [0.1, 0.15) is 17.9 Å². The first-order valence-corrected chi connectivity index (χ1v) is 11.7. The number of esters is 2. The monoisotopic (exact) mass is 555 g/mol. The summed E-state index contributed by atoms with van der Waals surface area (Å²) in [5.41, 5.74) is 0.492. The van der Waals surface area contributed by atoms with Crippen LogP contribution in [0.4, 0.5) is 5.69 Å². The predicted molar refractivity (Wildman–Crippen MR) is 139 cm³/mol. The van der Waals surface area contributed by atoms with Crippen LogP contribution in [-0.4, -0.2) is 40.9 Å². The van der Waals surface area contributed by atoms with Crippen LogP contribution in [-0.2, 0) is 16.1 Å². The van der Waals surface area contributed by atoms with Gasteiger partial charge < -0.3 is 14.2 Å². The molecule has 3 aromatic carbocycles. The number of carbonyl (C=O) groups excluding carboxylic acids is 2. The van der Waals surface area contributed by atoms with E-state index in [4.69, 9.17) is 37.4 Å². The molecule has 10 nitrogen and oxygen atoms in total.